The van der Waals surface area contributed by atoms with Gasteiger partial charge in [0.25, 0.3) is 0 Å². The van der Waals surface area contributed by atoms with Crippen molar-refractivity contribution in [1.29, 1.82) is 0 Å². The normalized spacial score (nSPS) is 27.9. The van der Waals surface area contributed by atoms with E-state index in [9.17, 15) is 0 Å². The second-order valence-electron chi connectivity index (χ2n) is 4.82. The Morgan fingerprint density at radius 2 is 1.82 bits per heavy atom. The molecule has 90 valence electrons. The molecule has 1 aliphatic rings. The minimum atomic E-state index is -0.362. The summed E-state index contributed by atoms with van der Waals surface area (Å²) < 4.78 is 0. The summed E-state index contributed by atoms with van der Waals surface area (Å²) in [5.41, 5.74) is 20.2. The summed E-state index contributed by atoms with van der Waals surface area (Å²) in [4.78, 5) is 0. The van der Waals surface area contributed by atoms with Crippen LogP contribution in [0.1, 0.15) is 12.5 Å². The highest BCUT2D eigenvalue weighted by atomic mass is 14.8. The molecule has 0 heterocycles. The molecule has 0 aromatic heterocycles. The van der Waals surface area contributed by atoms with Crippen molar-refractivity contribution in [3.05, 3.63) is 53.8 Å². The van der Waals surface area contributed by atoms with E-state index in [1.165, 1.54) is 5.56 Å². The molecule has 1 aromatic rings. The fourth-order valence-electron chi connectivity index (χ4n) is 2.11. The number of allylic oxidation sites excluding steroid dienone is 1. The molecule has 2 unspecified atom stereocenters. The minimum absolute atomic E-state index is 0.227. The monoisotopic (exact) mass is 229 g/mol. The zero-order valence-corrected chi connectivity index (χ0v) is 10.1. The van der Waals surface area contributed by atoms with E-state index in [-0.39, 0.29) is 11.5 Å². The van der Waals surface area contributed by atoms with Gasteiger partial charge < -0.3 is 17.2 Å². The average molecular weight is 229 g/mol. The third-order valence-electron chi connectivity index (χ3n) is 3.37. The Morgan fingerprint density at radius 1 is 1.18 bits per heavy atom. The van der Waals surface area contributed by atoms with Crippen LogP contribution in [0.2, 0.25) is 0 Å². The minimum Gasteiger partial charge on any atom is -0.399 e. The molecule has 0 radical (unpaired) electrons. The first-order valence-corrected chi connectivity index (χ1v) is 5.79. The van der Waals surface area contributed by atoms with E-state index in [0.717, 1.165) is 17.8 Å². The number of anilines is 1. The van der Waals surface area contributed by atoms with E-state index >= 15 is 0 Å². The molecule has 0 spiro atoms. The van der Waals surface area contributed by atoms with Gasteiger partial charge in [0.15, 0.2) is 0 Å². The number of rotatable bonds is 2. The maximum Gasteiger partial charge on any atom is 0.0445 e. The lowest BCUT2D eigenvalue weighted by Gasteiger charge is -2.33. The lowest BCUT2D eigenvalue weighted by Crippen LogP contribution is -2.47. The quantitative estimate of drug-likeness (QED) is 0.673. The maximum atomic E-state index is 6.42. The van der Waals surface area contributed by atoms with Gasteiger partial charge in [0.1, 0.15) is 0 Å². The van der Waals surface area contributed by atoms with Crippen LogP contribution in [0.4, 0.5) is 5.69 Å². The lowest BCUT2D eigenvalue weighted by molar-refractivity contribution is 0.411. The van der Waals surface area contributed by atoms with Crippen LogP contribution in [-0.4, -0.2) is 5.54 Å². The van der Waals surface area contributed by atoms with E-state index in [1.807, 2.05) is 42.5 Å². The van der Waals surface area contributed by atoms with Crippen molar-refractivity contribution in [2.24, 2.45) is 17.4 Å². The SMILES string of the molecule is CC1C=C(N)C=CC1(N)Cc1ccc(N)cc1. The number of nitrogens with two attached hydrogens (primary N) is 3. The molecular formula is C14H19N3. The van der Waals surface area contributed by atoms with Crippen LogP contribution in [0.3, 0.4) is 0 Å². The lowest BCUT2D eigenvalue weighted by atomic mass is 9.77. The van der Waals surface area contributed by atoms with Gasteiger partial charge in [-0.05, 0) is 36.1 Å². The van der Waals surface area contributed by atoms with Crippen molar-refractivity contribution < 1.29 is 0 Å². The van der Waals surface area contributed by atoms with Crippen LogP contribution in [0.15, 0.2) is 48.2 Å². The van der Waals surface area contributed by atoms with Crippen molar-refractivity contribution >= 4 is 5.69 Å². The molecule has 3 nitrogen and oxygen atoms in total. The van der Waals surface area contributed by atoms with Gasteiger partial charge in [-0.25, -0.2) is 0 Å². The van der Waals surface area contributed by atoms with Gasteiger partial charge in [0.2, 0.25) is 0 Å². The Labute approximate surface area is 102 Å². The molecule has 0 fully saturated rings. The Morgan fingerprint density at radius 3 is 2.41 bits per heavy atom. The topological polar surface area (TPSA) is 78.1 Å². The van der Waals surface area contributed by atoms with Crippen molar-refractivity contribution in [2.45, 2.75) is 18.9 Å². The van der Waals surface area contributed by atoms with Crippen LogP contribution in [0.25, 0.3) is 0 Å². The van der Waals surface area contributed by atoms with Crippen molar-refractivity contribution in [3.63, 3.8) is 0 Å². The van der Waals surface area contributed by atoms with E-state index in [1.54, 1.807) is 0 Å². The predicted octanol–water partition coefficient (Wildman–Crippen LogP) is 1.56. The molecule has 17 heavy (non-hydrogen) atoms. The molecule has 0 saturated heterocycles. The van der Waals surface area contributed by atoms with Gasteiger partial charge in [-0.2, -0.15) is 0 Å². The third kappa shape index (κ3) is 2.50. The maximum absolute atomic E-state index is 6.42. The Hall–Kier alpha value is -1.74. The summed E-state index contributed by atoms with van der Waals surface area (Å²) in [6, 6.07) is 7.85. The molecule has 0 saturated carbocycles. The van der Waals surface area contributed by atoms with E-state index in [0.29, 0.717) is 0 Å². The molecule has 2 rings (SSSR count). The first-order chi connectivity index (χ1) is 7.99. The van der Waals surface area contributed by atoms with Crippen molar-refractivity contribution in [3.8, 4) is 0 Å². The number of hydrogen-bond donors (Lipinski definition) is 3. The van der Waals surface area contributed by atoms with Crippen LogP contribution in [0.5, 0.6) is 0 Å². The van der Waals surface area contributed by atoms with E-state index in [4.69, 9.17) is 17.2 Å². The summed E-state index contributed by atoms with van der Waals surface area (Å²) in [5, 5.41) is 0. The van der Waals surface area contributed by atoms with Crippen LogP contribution >= 0.6 is 0 Å². The molecule has 0 bridgehead atoms. The first kappa shape index (κ1) is 11.7. The summed E-state index contributed by atoms with van der Waals surface area (Å²) in [7, 11) is 0. The van der Waals surface area contributed by atoms with Crippen LogP contribution in [-0.2, 0) is 6.42 Å². The van der Waals surface area contributed by atoms with Crippen LogP contribution in [0, 0.1) is 5.92 Å². The standard InChI is InChI=1S/C14H19N3/c1-10-8-13(16)6-7-14(10,17)9-11-2-4-12(15)5-3-11/h2-8,10H,9,15-17H2,1H3. The number of nitrogen functional groups attached to an aromatic ring is 1. The van der Waals surface area contributed by atoms with Crippen molar-refractivity contribution in [1.82, 2.24) is 0 Å². The summed E-state index contributed by atoms with van der Waals surface area (Å²) >= 11 is 0. The third-order valence-corrected chi connectivity index (χ3v) is 3.37. The first-order valence-electron chi connectivity index (χ1n) is 5.79. The fraction of sp³-hybridized carbons (Fsp3) is 0.286. The van der Waals surface area contributed by atoms with Gasteiger partial charge in [-0.3, -0.25) is 0 Å². The van der Waals surface area contributed by atoms with Gasteiger partial charge in [0, 0.05) is 16.9 Å². The molecular weight excluding hydrogens is 210 g/mol. The smallest absolute Gasteiger partial charge is 0.0445 e. The number of hydrogen-bond acceptors (Lipinski definition) is 3. The van der Waals surface area contributed by atoms with E-state index in [2.05, 4.69) is 6.92 Å². The van der Waals surface area contributed by atoms with Gasteiger partial charge >= 0.3 is 0 Å². The highest BCUT2D eigenvalue weighted by Gasteiger charge is 2.30. The Balaban J connectivity index is 2.18. The fourth-order valence-corrected chi connectivity index (χ4v) is 2.11. The van der Waals surface area contributed by atoms with Gasteiger partial charge in [0.05, 0.1) is 0 Å². The summed E-state index contributed by atoms with van der Waals surface area (Å²) in [6.45, 7) is 2.09. The molecule has 0 amide bonds. The largest absolute Gasteiger partial charge is 0.399 e. The van der Waals surface area contributed by atoms with Crippen LogP contribution < -0.4 is 17.2 Å². The average Bonchev–Trinajstić information content (AvgIpc) is 2.28. The molecule has 2 atom stereocenters. The molecule has 1 aliphatic carbocycles. The number of benzene rings is 1. The Kier molecular flexibility index (Phi) is 2.94. The second kappa shape index (κ2) is 4.26. The van der Waals surface area contributed by atoms with Crippen molar-refractivity contribution in [2.75, 3.05) is 5.73 Å². The predicted molar refractivity (Wildman–Crippen MR) is 72.1 cm³/mol. The zero-order valence-electron chi connectivity index (χ0n) is 10.1. The highest BCUT2D eigenvalue weighted by molar-refractivity contribution is 5.40. The summed E-state index contributed by atoms with van der Waals surface area (Å²) in [5.74, 6) is 0.227. The molecule has 1 aromatic carbocycles. The molecule has 0 aliphatic heterocycles. The highest BCUT2D eigenvalue weighted by Crippen LogP contribution is 2.27. The van der Waals surface area contributed by atoms with Gasteiger partial charge in [-0.15, -0.1) is 0 Å². The van der Waals surface area contributed by atoms with Gasteiger partial charge in [-0.1, -0.05) is 31.2 Å². The molecule has 3 heteroatoms. The second-order valence-corrected chi connectivity index (χ2v) is 4.82. The Bertz CT molecular complexity index is 459. The molecule has 6 N–H and O–H groups in total. The van der Waals surface area contributed by atoms with E-state index < -0.39 is 0 Å². The zero-order chi connectivity index (χ0) is 12.5. The summed E-state index contributed by atoms with van der Waals surface area (Å²) in [6.07, 6.45) is 6.69.